The summed E-state index contributed by atoms with van der Waals surface area (Å²) in [4.78, 5) is 27.2. The van der Waals surface area contributed by atoms with Gasteiger partial charge in [0, 0.05) is 35.8 Å². The molecule has 1 aliphatic rings. The van der Waals surface area contributed by atoms with Gasteiger partial charge in [-0.1, -0.05) is 18.2 Å². The zero-order valence-electron chi connectivity index (χ0n) is 18.7. The summed E-state index contributed by atoms with van der Waals surface area (Å²) >= 11 is 0. The maximum Gasteiger partial charge on any atom is 0.238 e. The molecule has 162 valence electrons. The molecule has 3 rings (SSSR count). The summed E-state index contributed by atoms with van der Waals surface area (Å²) in [5.74, 6) is -0.0874. The van der Waals surface area contributed by atoms with Crippen LogP contribution in [0.15, 0.2) is 24.3 Å². The molecule has 1 aromatic carbocycles. The van der Waals surface area contributed by atoms with E-state index in [0.717, 1.165) is 59.8 Å². The number of hydrogen-bond acceptors (Lipinski definition) is 4. The largest absolute Gasteiger partial charge is 0.376 e. The van der Waals surface area contributed by atoms with Gasteiger partial charge in [0.25, 0.3) is 0 Å². The van der Waals surface area contributed by atoms with E-state index in [2.05, 4.69) is 9.88 Å². The summed E-state index contributed by atoms with van der Waals surface area (Å²) in [7, 11) is 1.80. The van der Waals surface area contributed by atoms with E-state index in [1.54, 1.807) is 11.9 Å². The topological polar surface area (TPSA) is 63.6 Å². The Labute approximate surface area is 179 Å². The zero-order valence-corrected chi connectivity index (χ0v) is 18.7. The van der Waals surface area contributed by atoms with Crippen molar-refractivity contribution < 1.29 is 14.3 Å². The van der Waals surface area contributed by atoms with E-state index in [-0.39, 0.29) is 30.9 Å². The highest BCUT2D eigenvalue weighted by Gasteiger charge is 2.22. The highest BCUT2D eigenvalue weighted by molar-refractivity contribution is 5.99. The number of Topliss-reactive ketones (excluding diaryl/α,β-unsaturated/α-hetero) is 1. The second-order valence-electron chi connectivity index (χ2n) is 8.44. The predicted octanol–water partition coefficient (Wildman–Crippen LogP) is 3.65. The minimum Gasteiger partial charge on any atom is -0.376 e. The van der Waals surface area contributed by atoms with E-state index < -0.39 is 0 Å². The maximum absolute atomic E-state index is 12.9. The highest BCUT2D eigenvalue weighted by atomic mass is 16.5. The van der Waals surface area contributed by atoms with Gasteiger partial charge < -0.3 is 14.6 Å². The zero-order chi connectivity index (χ0) is 21.8. The number of nitrogens with one attached hydrogen (secondary N) is 1. The van der Waals surface area contributed by atoms with Crippen LogP contribution in [-0.4, -0.2) is 54.0 Å². The molecule has 1 amide bonds. The van der Waals surface area contributed by atoms with Crippen molar-refractivity contribution in [2.75, 3.05) is 32.1 Å². The molecule has 0 saturated carbocycles. The van der Waals surface area contributed by atoms with Crippen LogP contribution >= 0.6 is 0 Å². The molecule has 6 nitrogen and oxygen atoms in total. The molecule has 0 radical (unpaired) electrons. The SMILES string of the molecule is Cc1cccc(C)c1NC(=O)CN(C)CC(=O)c1cc(C)n(C[C@@H]2CCCO2)c1C. The van der Waals surface area contributed by atoms with E-state index in [1.165, 1.54) is 0 Å². The Bertz CT molecular complexity index is 906. The molecule has 1 fully saturated rings. The van der Waals surface area contributed by atoms with E-state index in [1.807, 2.05) is 52.0 Å². The van der Waals surface area contributed by atoms with Crippen LogP contribution in [0.2, 0.25) is 0 Å². The molecule has 2 heterocycles. The molecule has 2 aromatic rings. The summed E-state index contributed by atoms with van der Waals surface area (Å²) in [5, 5.41) is 2.98. The van der Waals surface area contributed by atoms with Crippen molar-refractivity contribution in [1.29, 1.82) is 0 Å². The summed E-state index contributed by atoms with van der Waals surface area (Å²) in [6.07, 6.45) is 2.40. The average Bonchev–Trinajstić information content (AvgIpc) is 3.28. The first kappa shape index (κ1) is 22.2. The average molecular weight is 412 g/mol. The van der Waals surface area contributed by atoms with Crippen molar-refractivity contribution in [2.45, 2.75) is 53.2 Å². The van der Waals surface area contributed by atoms with Gasteiger partial charge in [-0.2, -0.15) is 0 Å². The monoisotopic (exact) mass is 411 g/mol. The lowest BCUT2D eigenvalue weighted by Gasteiger charge is -2.17. The molecule has 0 unspecified atom stereocenters. The second kappa shape index (κ2) is 9.58. The van der Waals surface area contributed by atoms with Crippen molar-refractivity contribution in [3.8, 4) is 0 Å². The Kier molecular flexibility index (Phi) is 7.10. The molecule has 1 atom stereocenters. The van der Waals surface area contributed by atoms with Crippen molar-refractivity contribution in [3.63, 3.8) is 0 Å². The number of nitrogens with zero attached hydrogens (tertiary/aromatic N) is 2. The Morgan fingerprint density at radius 2 is 1.87 bits per heavy atom. The van der Waals surface area contributed by atoms with Gasteiger partial charge in [0.1, 0.15) is 0 Å². The van der Waals surface area contributed by atoms with Crippen LogP contribution < -0.4 is 5.32 Å². The van der Waals surface area contributed by atoms with E-state index in [0.29, 0.717) is 0 Å². The molecule has 1 saturated heterocycles. The number of likely N-dealkylation sites (N-methyl/N-ethyl adjacent to an activating group) is 1. The molecule has 0 bridgehead atoms. The standard InChI is InChI=1S/C24H33N3O3/c1-16-8-6-9-17(2)24(16)25-23(29)15-26(5)14-22(28)21-12-18(3)27(19(21)4)13-20-10-7-11-30-20/h6,8-9,12,20H,7,10-11,13-15H2,1-5H3,(H,25,29)/t20-/m0/s1. The van der Waals surface area contributed by atoms with Crippen LogP contribution in [0, 0.1) is 27.7 Å². The van der Waals surface area contributed by atoms with Crippen molar-refractivity contribution >= 4 is 17.4 Å². The van der Waals surface area contributed by atoms with E-state index in [9.17, 15) is 9.59 Å². The highest BCUT2D eigenvalue weighted by Crippen LogP contribution is 2.21. The van der Waals surface area contributed by atoms with Crippen molar-refractivity contribution in [1.82, 2.24) is 9.47 Å². The Hall–Kier alpha value is -2.44. The molecule has 6 heteroatoms. The number of ether oxygens (including phenoxy) is 1. The van der Waals surface area contributed by atoms with Gasteiger partial charge in [-0.25, -0.2) is 0 Å². The van der Waals surface area contributed by atoms with Gasteiger partial charge in [-0.05, 0) is 64.8 Å². The molecule has 30 heavy (non-hydrogen) atoms. The van der Waals surface area contributed by atoms with E-state index in [4.69, 9.17) is 4.74 Å². The molecule has 0 spiro atoms. The van der Waals surface area contributed by atoms with Gasteiger partial charge in [-0.15, -0.1) is 0 Å². The fraction of sp³-hybridized carbons (Fsp3) is 0.500. The number of para-hydroxylation sites is 1. The second-order valence-corrected chi connectivity index (χ2v) is 8.44. The molecular formula is C24H33N3O3. The summed E-state index contributed by atoms with van der Waals surface area (Å²) in [6, 6.07) is 7.88. The van der Waals surface area contributed by atoms with Gasteiger partial charge in [-0.3, -0.25) is 14.5 Å². The van der Waals surface area contributed by atoms with Crippen LogP contribution in [0.25, 0.3) is 0 Å². The third-order valence-electron chi connectivity index (χ3n) is 5.86. The van der Waals surface area contributed by atoms with Crippen LogP contribution in [0.1, 0.15) is 45.7 Å². The Morgan fingerprint density at radius 3 is 2.50 bits per heavy atom. The molecule has 1 aromatic heterocycles. The third kappa shape index (κ3) is 5.18. The van der Waals surface area contributed by atoms with Crippen LogP contribution in [0.4, 0.5) is 5.69 Å². The Morgan fingerprint density at radius 1 is 1.17 bits per heavy atom. The third-order valence-corrected chi connectivity index (χ3v) is 5.86. The normalized spacial score (nSPS) is 16.3. The minimum atomic E-state index is -0.119. The molecular weight excluding hydrogens is 378 g/mol. The first-order valence-electron chi connectivity index (χ1n) is 10.6. The number of benzene rings is 1. The first-order chi connectivity index (χ1) is 14.3. The van der Waals surface area contributed by atoms with E-state index >= 15 is 0 Å². The van der Waals surface area contributed by atoms with Gasteiger partial charge >= 0.3 is 0 Å². The Balaban J connectivity index is 1.59. The summed E-state index contributed by atoms with van der Waals surface area (Å²) in [5.41, 5.74) is 5.68. The number of rotatable bonds is 8. The lowest BCUT2D eigenvalue weighted by molar-refractivity contribution is -0.116. The smallest absolute Gasteiger partial charge is 0.238 e. The number of carbonyl (C=O) groups is 2. The molecule has 1 aliphatic heterocycles. The van der Waals surface area contributed by atoms with Crippen LogP contribution in [0.5, 0.6) is 0 Å². The predicted molar refractivity (Wildman–Crippen MR) is 119 cm³/mol. The molecule has 0 aliphatic carbocycles. The summed E-state index contributed by atoms with van der Waals surface area (Å²) in [6.45, 7) is 9.94. The number of carbonyl (C=O) groups excluding carboxylic acids is 2. The van der Waals surface area contributed by atoms with Crippen molar-refractivity contribution in [2.24, 2.45) is 0 Å². The first-order valence-corrected chi connectivity index (χ1v) is 10.6. The lowest BCUT2D eigenvalue weighted by Crippen LogP contribution is -2.34. The van der Waals surface area contributed by atoms with Crippen molar-refractivity contribution in [3.05, 3.63) is 52.3 Å². The number of hydrogen-bond donors (Lipinski definition) is 1. The summed E-state index contributed by atoms with van der Waals surface area (Å²) < 4.78 is 7.93. The minimum absolute atomic E-state index is 0.0315. The maximum atomic E-state index is 12.9. The fourth-order valence-electron chi connectivity index (χ4n) is 4.18. The van der Waals surface area contributed by atoms with Crippen LogP contribution in [-0.2, 0) is 16.1 Å². The van der Waals surface area contributed by atoms with Gasteiger partial charge in [0.2, 0.25) is 5.91 Å². The number of amides is 1. The lowest BCUT2D eigenvalue weighted by atomic mass is 10.1. The molecule has 1 N–H and O–H groups in total. The number of aryl methyl sites for hydroxylation is 3. The van der Waals surface area contributed by atoms with Gasteiger partial charge in [0.15, 0.2) is 5.78 Å². The quantitative estimate of drug-likeness (QED) is 0.674. The fourth-order valence-corrected chi connectivity index (χ4v) is 4.18. The van der Waals surface area contributed by atoms with Gasteiger partial charge in [0.05, 0.1) is 19.2 Å². The number of ketones is 1. The van der Waals surface area contributed by atoms with Crippen LogP contribution in [0.3, 0.4) is 0 Å². The number of anilines is 1. The number of aromatic nitrogens is 1.